The van der Waals surface area contributed by atoms with Crippen molar-refractivity contribution >= 4 is 29.1 Å². The molecule has 0 aromatic heterocycles. The zero-order chi connectivity index (χ0) is 13.1. The van der Waals surface area contributed by atoms with Crippen LogP contribution >= 0.6 is 23.2 Å². The Labute approximate surface area is 117 Å². The Balaban J connectivity index is 2.15. The predicted octanol–water partition coefficient (Wildman–Crippen LogP) is 3.30. The highest BCUT2D eigenvalue weighted by Gasteiger charge is 2.24. The van der Waals surface area contributed by atoms with E-state index in [1.807, 2.05) is 24.0 Å². The van der Waals surface area contributed by atoms with Crippen LogP contribution in [0.4, 0.5) is 0 Å². The van der Waals surface area contributed by atoms with Crippen molar-refractivity contribution in [2.45, 2.75) is 19.4 Å². The molecule has 1 atom stereocenters. The number of benzene rings is 1. The van der Waals surface area contributed by atoms with Crippen molar-refractivity contribution in [2.75, 3.05) is 19.7 Å². The third-order valence-corrected chi connectivity index (χ3v) is 3.41. The highest BCUT2D eigenvalue weighted by Crippen LogP contribution is 2.28. The molecule has 18 heavy (non-hydrogen) atoms. The highest BCUT2D eigenvalue weighted by atomic mass is 35.5. The van der Waals surface area contributed by atoms with Gasteiger partial charge in [0.1, 0.15) is 6.10 Å². The average Bonchev–Trinajstić information content (AvgIpc) is 2.37. The van der Waals surface area contributed by atoms with Crippen molar-refractivity contribution in [2.24, 2.45) is 0 Å². The van der Waals surface area contributed by atoms with E-state index < -0.39 is 0 Å². The molecule has 1 unspecified atom stereocenters. The van der Waals surface area contributed by atoms with Gasteiger partial charge in [-0.2, -0.15) is 0 Å². The van der Waals surface area contributed by atoms with Crippen LogP contribution in [0.5, 0.6) is 0 Å². The monoisotopic (exact) mass is 287 g/mol. The van der Waals surface area contributed by atoms with Gasteiger partial charge >= 0.3 is 0 Å². The molecule has 3 nitrogen and oxygen atoms in total. The van der Waals surface area contributed by atoms with Gasteiger partial charge in [0.25, 0.3) is 0 Å². The molecule has 2 rings (SSSR count). The normalized spacial score (nSPS) is 19.9. The second-order valence-electron chi connectivity index (χ2n) is 4.26. The number of rotatable bonds is 2. The number of carbonyl (C=O) groups excluding carboxylic acids is 1. The molecule has 0 N–H and O–H groups in total. The number of nitrogens with zero attached hydrogens (tertiary/aromatic N) is 1. The van der Waals surface area contributed by atoms with Gasteiger partial charge in [-0.1, -0.05) is 30.1 Å². The van der Waals surface area contributed by atoms with Gasteiger partial charge in [-0.05, 0) is 23.8 Å². The first-order chi connectivity index (χ1) is 8.60. The largest absolute Gasteiger partial charge is 0.370 e. The quantitative estimate of drug-likeness (QED) is 0.835. The molecule has 1 heterocycles. The van der Waals surface area contributed by atoms with Crippen LogP contribution in [0.1, 0.15) is 25.0 Å². The number of halogens is 2. The van der Waals surface area contributed by atoms with Crippen molar-refractivity contribution in [3.63, 3.8) is 0 Å². The van der Waals surface area contributed by atoms with Crippen LogP contribution < -0.4 is 0 Å². The summed E-state index contributed by atoms with van der Waals surface area (Å²) in [5.41, 5.74) is 0.918. The van der Waals surface area contributed by atoms with Gasteiger partial charge in [-0.15, -0.1) is 0 Å². The lowest BCUT2D eigenvalue weighted by molar-refractivity contribution is -0.138. The van der Waals surface area contributed by atoms with Crippen LogP contribution in [0.25, 0.3) is 0 Å². The number of amides is 1. The lowest BCUT2D eigenvalue weighted by atomic mass is 10.1. The van der Waals surface area contributed by atoms with E-state index in [1.165, 1.54) is 0 Å². The smallest absolute Gasteiger partial charge is 0.222 e. The summed E-state index contributed by atoms with van der Waals surface area (Å²) in [5, 5.41) is 1.17. The van der Waals surface area contributed by atoms with Crippen LogP contribution in [0, 0.1) is 0 Å². The van der Waals surface area contributed by atoms with Gasteiger partial charge in [0.15, 0.2) is 0 Å². The number of hydrogen-bond donors (Lipinski definition) is 0. The van der Waals surface area contributed by atoms with Crippen molar-refractivity contribution in [1.29, 1.82) is 0 Å². The third kappa shape index (κ3) is 3.16. The lowest BCUT2D eigenvalue weighted by Gasteiger charge is -2.33. The summed E-state index contributed by atoms with van der Waals surface area (Å²) in [6.45, 7) is 3.62. The second-order valence-corrected chi connectivity index (χ2v) is 5.13. The van der Waals surface area contributed by atoms with Gasteiger partial charge in [0, 0.05) is 23.0 Å². The van der Waals surface area contributed by atoms with Gasteiger partial charge in [-0.3, -0.25) is 4.79 Å². The molecule has 1 aromatic carbocycles. The summed E-state index contributed by atoms with van der Waals surface area (Å²) < 4.78 is 5.69. The molecule has 5 heteroatoms. The van der Waals surface area contributed by atoms with Crippen LogP contribution in [0.3, 0.4) is 0 Å². The minimum atomic E-state index is -0.148. The van der Waals surface area contributed by atoms with E-state index in [0.29, 0.717) is 36.2 Å². The third-order valence-electron chi connectivity index (χ3n) is 2.98. The zero-order valence-electron chi connectivity index (χ0n) is 10.2. The van der Waals surface area contributed by atoms with E-state index in [0.717, 1.165) is 5.56 Å². The van der Waals surface area contributed by atoms with Crippen LogP contribution in [0.2, 0.25) is 10.0 Å². The lowest BCUT2D eigenvalue weighted by Crippen LogP contribution is -2.41. The molecule has 0 spiro atoms. The van der Waals surface area contributed by atoms with E-state index in [4.69, 9.17) is 27.9 Å². The second kappa shape index (κ2) is 5.91. The Morgan fingerprint density at radius 1 is 1.39 bits per heavy atom. The minimum absolute atomic E-state index is 0.148. The van der Waals surface area contributed by atoms with E-state index in [1.54, 1.807) is 6.07 Å². The fraction of sp³-hybridized carbons (Fsp3) is 0.462. The highest BCUT2D eigenvalue weighted by molar-refractivity contribution is 6.34. The van der Waals surface area contributed by atoms with Gasteiger partial charge in [-0.25, -0.2) is 0 Å². The van der Waals surface area contributed by atoms with Crippen LogP contribution in [-0.2, 0) is 9.53 Å². The first-order valence-electron chi connectivity index (χ1n) is 5.95. The molecule has 1 aliphatic heterocycles. The maximum atomic E-state index is 11.7. The molecule has 1 saturated heterocycles. The Morgan fingerprint density at radius 3 is 2.67 bits per heavy atom. The fourth-order valence-electron chi connectivity index (χ4n) is 2.06. The van der Waals surface area contributed by atoms with Gasteiger partial charge in [0.05, 0.1) is 13.2 Å². The molecular formula is C13H15Cl2NO2. The molecule has 1 amide bonds. The standard InChI is InChI=1S/C13H15Cl2NO2/c1-2-13(17)16-3-4-18-12(8-16)9-5-10(14)7-11(15)6-9/h5-7,12H,2-4,8H2,1H3. The Hall–Kier alpha value is -0.770. The summed E-state index contributed by atoms with van der Waals surface area (Å²) in [5.74, 6) is 0.149. The molecule has 98 valence electrons. The molecule has 0 radical (unpaired) electrons. The van der Waals surface area contributed by atoms with E-state index in [9.17, 15) is 4.79 Å². The molecular weight excluding hydrogens is 273 g/mol. The molecule has 0 bridgehead atoms. The Morgan fingerprint density at radius 2 is 2.06 bits per heavy atom. The fourth-order valence-corrected chi connectivity index (χ4v) is 2.61. The van der Waals surface area contributed by atoms with Crippen molar-refractivity contribution in [3.8, 4) is 0 Å². The van der Waals surface area contributed by atoms with Crippen LogP contribution in [-0.4, -0.2) is 30.5 Å². The van der Waals surface area contributed by atoms with Crippen molar-refractivity contribution in [1.82, 2.24) is 4.90 Å². The van der Waals surface area contributed by atoms with E-state index >= 15 is 0 Å². The topological polar surface area (TPSA) is 29.5 Å². The van der Waals surface area contributed by atoms with E-state index in [-0.39, 0.29) is 12.0 Å². The van der Waals surface area contributed by atoms with Crippen molar-refractivity contribution in [3.05, 3.63) is 33.8 Å². The maximum absolute atomic E-state index is 11.7. The predicted molar refractivity (Wildman–Crippen MR) is 72.0 cm³/mol. The molecule has 1 aromatic rings. The maximum Gasteiger partial charge on any atom is 0.222 e. The molecule has 1 aliphatic rings. The van der Waals surface area contributed by atoms with Gasteiger partial charge < -0.3 is 9.64 Å². The number of morpholine rings is 1. The summed E-state index contributed by atoms with van der Waals surface area (Å²) >= 11 is 12.0. The summed E-state index contributed by atoms with van der Waals surface area (Å²) in [4.78, 5) is 13.5. The first-order valence-corrected chi connectivity index (χ1v) is 6.71. The molecule has 0 aliphatic carbocycles. The number of ether oxygens (including phenoxy) is 1. The summed E-state index contributed by atoms with van der Waals surface area (Å²) in [6.07, 6.45) is 0.369. The summed E-state index contributed by atoms with van der Waals surface area (Å²) in [7, 11) is 0. The van der Waals surface area contributed by atoms with Crippen LogP contribution in [0.15, 0.2) is 18.2 Å². The zero-order valence-corrected chi connectivity index (χ0v) is 11.7. The SMILES string of the molecule is CCC(=O)N1CCOC(c2cc(Cl)cc(Cl)c2)C1. The Bertz CT molecular complexity index is 430. The summed E-state index contributed by atoms with van der Waals surface area (Å²) in [6, 6.07) is 5.35. The Kier molecular flexibility index (Phi) is 4.49. The minimum Gasteiger partial charge on any atom is -0.370 e. The van der Waals surface area contributed by atoms with Gasteiger partial charge in [0.2, 0.25) is 5.91 Å². The van der Waals surface area contributed by atoms with Crippen molar-refractivity contribution < 1.29 is 9.53 Å². The first kappa shape index (κ1) is 13.7. The molecule has 0 saturated carbocycles. The van der Waals surface area contributed by atoms with E-state index in [2.05, 4.69) is 0 Å². The average molecular weight is 288 g/mol. The molecule has 1 fully saturated rings. The number of hydrogen-bond acceptors (Lipinski definition) is 2. The number of carbonyl (C=O) groups is 1.